The van der Waals surface area contributed by atoms with Crippen molar-refractivity contribution < 1.29 is 0 Å². The van der Waals surface area contributed by atoms with Crippen LogP contribution >= 0.6 is 12.2 Å². The highest BCUT2D eigenvalue weighted by molar-refractivity contribution is 7.80. The molecule has 1 aliphatic carbocycles. The first-order valence-corrected chi connectivity index (χ1v) is 10.2. The maximum Gasteiger partial charge on any atom is 0.330 e. The van der Waals surface area contributed by atoms with Crippen molar-refractivity contribution in [3.63, 3.8) is 0 Å². The van der Waals surface area contributed by atoms with Crippen molar-refractivity contribution in [2.75, 3.05) is 17.2 Å². The van der Waals surface area contributed by atoms with Crippen LogP contribution in [0.25, 0.3) is 0 Å². The molecule has 0 aliphatic heterocycles. The Morgan fingerprint density at radius 1 is 1.25 bits per heavy atom. The molecule has 0 amide bonds. The normalized spacial score (nSPS) is 14.6. The van der Waals surface area contributed by atoms with Crippen molar-refractivity contribution in [1.29, 1.82) is 0 Å². The number of H-pyrrole nitrogens is 1. The molecule has 4 N–H and O–H groups in total. The van der Waals surface area contributed by atoms with Gasteiger partial charge in [0.05, 0.1) is 6.54 Å². The molecule has 1 fully saturated rings. The smallest absolute Gasteiger partial charge is 0.330 e. The zero-order valence-electron chi connectivity index (χ0n) is 16.1. The van der Waals surface area contributed by atoms with Gasteiger partial charge >= 0.3 is 5.69 Å². The number of thiocarbonyl (C=S) groups is 1. The van der Waals surface area contributed by atoms with Gasteiger partial charge < -0.3 is 16.0 Å². The zero-order chi connectivity index (χ0) is 20.1. The van der Waals surface area contributed by atoms with E-state index in [-0.39, 0.29) is 18.1 Å². The molecule has 1 aromatic heterocycles. The van der Waals surface area contributed by atoms with Crippen molar-refractivity contribution in [2.45, 2.75) is 51.6 Å². The van der Waals surface area contributed by atoms with Gasteiger partial charge in [-0.3, -0.25) is 14.3 Å². The van der Waals surface area contributed by atoms with E-state index >= 15 is 0 Å². The number of nitrogens with zero attached hydrogens (tertiary/aromatic N) is 2. The Bertz CT molecular complexity index is 932. The number of nitrogens with one attached hydrogen (secondary N) is 2. The minimum atomic E-state index is -0.530. The molecule has 0 radical (unpaired) electrons. The lowest BCUT2D eigenvalue weighted by Gasteiger charge is -2.30. The van der Waals surface area contributed by atoms with Gasteiger partial charge in [0.2, 0.25) is 0 Å². The van der Waals surface area contributed by atoms with Gasteiger partial charge in [-0.2, -0.15) is 0 Å². The summed E-state index contributed by atoms with van der Waals surface area (Å²) in [6, 6.07) is 9.82. The van der Waals surface area contributed by atoms with Crippen LogP contribution in [-0.2, 0) is 6.54 Å². The molecule has 0 bridgehead atoms. The Hall–Kier alpha value is -2.61. The monoisotopic (exact) mass is 401 g/mol. The van der Waals surface area contributed by atoms with Gasteiger partial charge in [-0.05, 0) is 37.5 Å². The molecule has 1 aromatic carbocycles. The van der Waals surface area contributed by atoms with Crippen LogP contribution in [0.1, 0.15) is 44.6 Å². The summed E-state index contributed by atoms with van der Waals surface area (Å²) < 4.78 is 1.37. The second-order valence-electron chi connectivity index (χ2n) is 7.09. The zero-order valence-corrected chi connectivity index (χ0v) is 16.9. The average Bonchev–Trinajstić information content (AvgIpc) is 2.69. The lowest BCUT2D eigenvalue weighted by atomic mass is 9.96. The molecule has 3 rings (SSSR count). The van der Waals surface area contributed by atoms with Crippen LogP contribution in [0.3, 0.4) is 0 Å². The van der Waals surface area contributed by atoms with Gasteiger partial charge in [-0.1, -0.05) is 49.6 Å². The third-order valence-electron chi connectivity index (χ3n) is 5.16. The SMILES string of the molecule is CCN(C(=S)NC1CCCCC1)c1c(N)n(Cc2ccccc2)c(=O)[nH]c1=O. The van der Waals surface area contributed by atoms with Crippen molar-refractivity contribution in [3.05, 3.63) is 56.7 Å². The second-order valence-corrected chi connectivity index (χ2v) is 7.48. The van der Waals surface area contributed by atoms with Crippen LogP contribution in [0.15, 0.2) is 39.9 Å². The Morgan fingerprint density at radius 2 is 1.93 bits per heavy atom. The minimum absolute atomic E-state index is 0.118. The Labute approximate surface area is 169 Å². The van der Waals surface area contributed by atoms with E-state index in [0.29, 0.717) is 17.7 Å². The van der Waals surface area contributed by atoms with Crippen LogP contribution in [0.5, 0.6) is 0 Å². The summed E-state index contributed by atoms with van der Waals surface area (Å²) in [5.74, 6) is 0.118. The van der Waals surface area contributed by atoms with E-state index in [1.165, 1.54) is 23.8 Å². The molecule has 0 unspecified atom stereocenters. The topological polar surface area (TPSA) is 96.2 Å². The molecule has 8 heteroatoms. The molecular formula is C20H27N5O2S. The molecule has 0 saturated heterocycles. The van der Waals surface area contributed by atoms with Gasteiger partial charge in [0.25, 0.3) is 5.56 Å². The van der Waals surface area contributed by atoms with Crippen LogP contribution in [0.4, 0.5) is 11.5 Å². The van der Waals surface area contributed by atoms with Crippen molar-refractivity contribution in [3.8, 4) is 0 Å². The van der Waals surface area contributed by atoms with Crippen LogP contribution in [0, 0.1) is 0 Å². The molecule has 0 spiro atoms. The third-order valence-corrected chi connectivity index (χ3v) is 5.50. The second kappa shape index (κ2) is 9.05. The molecule has 1 heterocycles. The largest absolute Gasteiger partial charge is 0.383 e. The van der Waals surface area contributed by atoms with Crippen LogP contribution in [0.2, 0.25) is 0 Å². The molecule has 1 aliphatic rings. The number of rotatable bonds is 5. The number of aromatic amines is 1. The highest BCUT2D eigenvalue weighted by atomic mass is 32.1. The maximum atomic E-state index is 12.6. The fourth-order valence-corrected chi connectivity index (χ4v) is 4.05. The summed E-state index contributed by atoms with van der Waals surface area (Å²) in [7, 11) is 0. The molecule has 7 nitrogen and oxygen atoms in total. The number of hydrogen-bond acceptors (Lipinski definition) is 4. The summed E-state index contributed by atoms with van der Waals surface area (Å²) in [4.78, 5) is 29.0. The number of benzene rings is 1. The summed E-state index contributed by atoms with van der Waals surface area (Å²) in [5, 5.41) is 3.84. The first-order valence-electron chi connectivity index (χ1n) is 9.75. The van der Waals surface area contributed by atoms with E-state index in [9.17, 15) is 9.59 Å². The maximum absolute atomic E-state index is 12.6. The number of hydrogen-bond donors (Lipinski definition) is 3. The van der Waals surface area contributed by atoms with E-state index in [1.54, 1.807) is 4.90 Å². The summed E-state index contributed by atoms with van der Waals surface area (Å²) in [6.45, 7) is 2.64. The van der Waals surface area contributed by atoms with Gasteiger partial charge in [-0.15, -0.1) is 0 Å². The van der Waals surface area contributed by atoms with Gasteiger partial charge in [0.1, 0.15) is 5.82 Å². The first kappa shape index (κ1) is 20.1. The van der Waals surface area contributed by atoms with Crippen molar-refractivity contribution in [2.24, 2.45) is 0 Å². The fourth-order valence-electron chi connectivity index (χ4n) is 3.66. The van der Waals surface area contributed by atoms with E-state index in [1.807, 2.05) is 37.3 Å². The first-order chi connectivity index (χ1) is 13.5. The van der Waals surface area contributed by atoms with Gasteiger partial charge in [-0.25, -0.2) is 4.79 Å². The number of anilines is 2. The van der Waals surface area contributed by atoms with Gasteiger partial charge in [0.15, 0.2) is 10.8 Å². The highest BCUT2D eigenvalue weighted by Gasteiger charge is 2.23. The van der Waals surface area contributed by atoms with E-state index in [2.05, 4.69) is 10.3 Å². The van der Waals surface area contributed by atoms with E-state index in [0.717, 1.165) is 18.4 Å². The quantitative estimate of drug-likeness (QED) is 0.665. The molecular weight excluding hydrogens is 374 g/mol. The van der Waals surface area contributed by atoms with Crippen LogP contribution in [-0.4, -0.2) is 27.3 Å². The Kier molecular flexibility index (Phi) is 6.51. The molecule has 0 atom stereocenters. The average molecular weight is 402 g/mol. The van der Waals surface area contributed by atoms with E-state index < -0.39 is 11.2 Å². The Balaban J connectivity index is 1.92. The number of aromatic nitrogens is 2. The number of nitrogens with two attached hydrogens (primary N) is 1. The summed E-state index contributed by atoms with van der Waals surface area (Å²) >= 11 is 5.58. The predicted molar refractivity (Wildman–Crippen MR) is 117 cm³/mol. The van der Waals surface area contributed by atoms with E-state index in [4.69, 9.17) is 18.0 Å². The lowest BCUT2D eigenvalue weighted by Crippen LogP contribution is -2.48. The predicted octanol–water partition coefficient (Wildman–Crippen LogP) is 2.20. The van der Waals surface area contributed by atoms with Crippen molar-refractivity contribution >= 4 is 28.8 Å². The van der Waals surface area contributed by atoms with Crippen LogP contribution < -0.4 is 27.2 Å². The number of nitrogen functional groups attached to an aromatic ring is 1. The molecule has 1 saturated carbocycles. The standard InChI is InChI=1S/C20H27N5O2S/c1-2-24(20(28)22-15-11-7-4-8-12-15)16-17(21)25(19(27)23-18(16)26)13-14-9-5-3-6-10-14/h3,5-6,9-10,15H,2,4,7-8,11-13,21H2,1H3,(H,22,28)(H,23,26,27). The minimum Gasteiger partial charge on any atom is -0.383 e. The van der Waals surface area contributed by atoms with Crippen molar-refractivity contribution in [1.82, 2.24) is 14.9 Å². The highest BCUT2D eigenvalue weighted by Crippen LogP contribution is 2.20. The molecule has 150 valence electrons. The summed E-state index contributed by atoms with van der Waals surface area (Å²) in [5.41, 5.74) is 6.37. The third kappa shape index (κ3) is 4.44. The Morgan fingerprint density at radius 3 is 2.57 bits per heavy atom. The lowest BCUT2D eigenvalue weighted by molar-refractivity contribution is 0.413. The fraction of sp³-hybridized carbons (Fsp3) is 0.450. The molecule has 28 heavy (non-hydrogen) atoms. The summed E-state index contributed by atoms with van der Waals surface area (Å²) in [6.07, 6.45) is 5.74. The van der Waals surface area contributed by atoms with Gasteiger partial charge in [0, 0.05) is 12.6 Å². The molecule has 2 aromatic rings.